The lowest BCUT2D eigenvalue weighted by Crippen LogP contribution is -2.43. The maximum absolute atomic E-state index is 11.8. The predicted molar refractivity (Wildman–Crippen MR) is 74.4 cm³/mol. The van der Waals surface area contributed by atoms with E-state index in [1.807, 2.05) is 30.3 Å². The van der Waals surface area contributed by atoms with Gasteiger partial charge in [-0.1, -0.05) is 30.3 Å². The van der Waals surface area contributed by atoms with Crippen LogP contribution in [-0.2, 0) is 14.4 Å². The van der Waals surface area contributed by atoms with Gasteiger partial charge < -0.3 is 11.1 Å². The van der Waals surface area contributed by atoms with Gasteiger partial charge in [-0.05, 0) is 25.5 Å². The largest absolute Gasteiger partial charge is 0.341 e. The third kappa shape index (κ3) is 4.47. The molecule has 1 rings (SSSR count). The summed E-state index contributed by atoms with van der Waals surface area (Å²) in [7, 11) is 0. The van der Waals surface area contributed by atoms with Crippen molar-refractivity contribution in [3.8, 4) is 0 Å². The zero-order chi connectivity index (χ0) is 15.0. The first-order chi connectivity index (χ1) is 9.60. The van der Waals surface area contributed by atoms with E-state index in [9.17, 15) is 14.4 Å². The molecular weight excluding hydrogens is 258 g/mol. The number of rotatable bonds is 6. The van der Waals surface area contributed by atoms with E-state index < -0.39 is 11.8 Å². The van der Waals surface area contributed by atoms with Crippen molar-refractivity contribution in [3.05, 3.63) is 35.9 Å². The molecule has 0 saturated heterocycles. The molecule has 3 N–H and O–H groups in total. The number of hydrogen-bond acceptors (Lipinski definition) is 4. The maximum atomic E-state index is 11.8. The lowest BCUT2D eigenvalue weighted by Gasteiger charge is -2.17. The second-order valence-corrected chi connectivity index (χ2v) is 4.35. The Morgan fingerprint density at radius 2 is 2.00 bits per heavy atom. The summed E-state index contributed by atoms with van der Waals surface area (Å²) in [4.78, 5) is 35.2. The van der Waals surface area contributed by atoms with Gasteiger partial charge in [0.15, 0.2) is 0 Å². The van der Waals surface area contributed by atoms with E-state index >= 15 is 0 Å². The average Bonchev–Trinajstić information content (AvgIpc) is 2.48. The number of benzene rings is 1. The minimum absolute atomic E-state index is 0.145. The minimum Gasteiger partial charge on any atom is -0.341 e. The van der Waals surface area contributed by atoms with Gasteiger partial charge in [-0.15, -0.1) is 0 Å². The molecule has 0 aliphatic heterocycles. The van der Waals surface area contributed by atoms with Crippen LogP contribution in [0.3, 0.4) is 0 Å². The van der Waals surface area contributed by atoms with Crippen LogP contribution in [0.4, 0.5) is 0 Å². The molecule has 1 unspecified atom stereocenters. The smallest absolute Gasteiger partial charge is 0.318 e. The minimum atomic E-state index is -0.865. The van der Waals surface area contributed by atoms with Crippen molar-refractivity contribution in [1.29, 1.82) is 0 Å². The second-order valence-electron chi connectivity index (χ2n) is 4.35. The van der Waals surface area contributed by atoms with Crippen molar-refractivity contribution in [2.24, 2.45) is 5.73 Å². The number of hydrogen-bond donors (Lipinski definition) is 2. The summed E-state index contributed by atoms with van der Waals surface area (Å²) in [6, 6.07) is 8.94. The Kier molecular flexibility index (Phi) is 6.39. The zero-order valence-corrected chi connectivity index (χ0v) is 11.4. The van der Waals surface area contributed by atoms with Crippen LogP contribution in [0.2, 0.25) is 0 Å². The zero-order valence-electron chi connectivity index (χ0n) is 11.4. The van der Waals surface area contributed by atoms with Crippen molar-refractivity contribution in [2.45, 2.75) is 19.4 Å². The molecule has 6 heteroatoms. The van der Waals surface area contributed by atoms with E-state index in [4.69, 9.17) is 5.73 Å². The lowest BCUT2D eigenvalue weighted by atomic mass is 10.1. The van der Waals surface area contributed by atoms with Crippen molar-refractivity contribution >= 4 is 18.2 Å². The third-order valence-electron chi connectivity index (χ3n) is 2.83. The molecule has 0 saturated carbocycles. The van der Waals surface area contributed by atoms with Gasteiger partial charge >= 0.3 is 11.8 Å². The van der Waals surface area contributed by atoms with Crippen molar-refractivity contribution < 1.29 is 14.4 Å². The summed E-state index contributed by atoms with van der Waals surface area (Å²) < 4.78 is 0. The first-order valence-corrected chi connectivity index (χ1v) is 6.42. The highest BCUT2D eigenvalue weighted by Crippen LogP contribution is 2.10. The third-order valence-corrected chi connectivity index (χ3v) is 2.83. The van der Waals surface area contributed by atoms with Crippen LogP contribution in [0.5, 0.6) is 0 Å². The van der Waals surface area contributed by atoms with E-state index in [1.54, 1.807) is 6.92 Å². The van der Waals surface area contributed by atoms with Crippen molar-refractivity contribution in [3.63, 3.8) is 0 Å². The fourth-order valence-corrected chi connectivity index (χ4v) is 1.68. The highest BCUT2D eigenvalue weighted by Gasteiger charge is 2.22. The molecule has 0 heterocycles. The molecule has 0 spiro atoms. The molecule has 0 bridgehead atoms. The highest BCUT2D eigenvalue weighted by molar-refractivity contribution is 6.36. The van der Waals surface area contributed by atoms with Crippen LogP contribution in [0.15, 0.2) is 30.3 Å². The van der Waals surface area contributed by atoms with E-state index in [2.05, 4.69) is 5.32 Å². The topological polar surface area (TPSA) is 92.5 Å². The van der Waals surface area contributed by atoms with E-state index in [-0.39, 0.29) is 12.6 Å². The molecule has 0 aliphatic carbocycles. The van der Waals surface area contributed by atoms with Gasteiger partial charge in [0.25, 0.3) is 0 Å². The fraction of sp³-hybridized carbons (Fsp3) is 0.357. The monoisotopic (exact) mass is 277 g/mol. The Morgan fingerprint density at radius 1 is 1.35 bits per heavy atom. The number of nitrogens with one attached hydrogen (secondary N) is 1. The Labute approximate surface area is 117 Å². The van der Waals surface area contributed by atoms with Gasteiger partial charge in [0.05, 0.1) is 6.04 Å². The summed E-state index contributed by atoms with van der Waals surface area (Å²) in [6.45, 7) is 2.26. The first kappa shape index (κ1) is 15.8. The number of carbonyl (C=O) groups excluding carboxylic acids is 3. The molecule has 108 valence electrons. The van der Waals surface area contributed by atoms with Crippen LogP contribution in [0.25, 0.3) is 0 Å². The first-order valence-electron chi connectivity index (χ1n) is 6.42. The molecule has 6 nitrogen and oxygen atoms in total. The van der Waals surface area contributed by atoms with Crippen LogP contribution in [0, 0.1) is 0 Å². The average molecular weight is 277 g/mol. The predicted octanol–water partition coefficient (Wildman–Crippen LogP) is 0.198. The van der Waals surface area contributed by atoms with Crippen LogP contribution in [-0.4, -0.2) is 36.2 Å². The molecule has 0 aromatic heterocycles. The van der Waals surface area contributed by atoms with E-state index in [0.717, 1.165) is 10.5 Å². The van der Waals surface area contributed by atoms with Crippen LogP contribution >= 0.6 is 0 Å². The number of carbonyl (C=O) groups is 3. The Bertz CT molecular complexity index is 462. The molecule has 0 radical (unpaired) electrons. The van der Waals surface area contributed by atoms with Gasteiger partial charge in [0.2, 0.25) is 6.41 Å². The normalized spacial score (nSPS) is 11.5. The molecule has 1 aromatic carbocycles. The molecular formula is C14H19N3O3. The quantitative estimate of drug-likeness (QED) is 0.574. The Balaban J connectivity index is 2.61. The molecule has 1 atom stereocenters. The molecule has 3 amide bonds. The van der Waals surface area contributed by atoms with Gasteiger partial charge in [0.1, 0.15) is 0 Å². The number of imide groups is 1. The summed E-state index contributed by atoms with van der Waals surface area (Å²) in [5.41, 5.74) is 6.19. The van der Waals surface area contributed by atoms with Crippen molar-refractivity contribution in [2.75, 3.05) is 13.1 Å². The summed E-state index contributed by atoms with van der Waals surface area (Å²) >= 11 is 0. The summed E-state index contributed by atoms with van der Waals surface area (Å²) in [5.74, 6) is -1.67. The Hall–Kier alpha value is -2.21. The Morgan fingerprint density at radius 3 is 2.55 bits per heavy atom. The highest BCUT2D eigenvalue weighted by atomic mass is 16.2. The van der Waals surface area contributed by atoms with Gasteiger partial charge in [0, 0.05) is 6.54 Å². The van der Waals surface area contributed by atoms with E-state index in [0.29, 0.717) is 19.4 Å². The number of nitrogens with two attached hydrogens (primary N) is 1. The molecule has 0 fully saturated rings. The van der Waals surface area contributed by atoms with Gasteiger partial charge in [-0.25, -0.2) is 0 Å². The summed E-state index contributed by atoms with van der Waals surface area (Å²) in [5, 5.41) is 2.57. The second kappa shape index (κ2) is 8.06. The fourth-order valence-electron chi connectivity index (χ4n) is 1.68. The van der Waals surface area contributed by atoms with Crippen molar-refractivity contribution in [1.82, 2.24) is 10.2 Å². The molecule has 20 heavy (non-hydrogen) atoms. The lowest BCUT2D eigenvalue weighted by molar-refractivity contribution is -0.149. The van der Waals surface area contributed by atoms with Gasteiger partial charge in [-0.3, -0.25) is 19.3 Å². The van der Waals surface area contributed by atoms with E-state index in [1.165, 1.54) is 0 Å². The maximum Gasteiger partial charge on any atom is 0.318 e. The van der Waals surface area contributed by atoms with Crippen LogP contribution in [0.1, 0.15) is 24.9 Å². The molecule has 1 aromatic rings. The van der Waals surface area contributed by atoms with Gasteiger partial charge in [-0.2, -0.15) is 0 Å². The summed E-state index contributed by atoms with van der Waals surface area (Å²) in [6.07, 6.45) is 0.816. The van der Waals surface area contributed by atoms with Crippen LogP contribution < -0.4 is 11.1 Å². The number of amides is 3. The standard InChI is InChI=1S/C14H19N3O3/c1-11(12-6-3-2-4-7-12)16-13(19)14(20)17(10-18)9-5-8-15/h2-4,6-7,10-11H,5,8-9,15H2,1H3,(H,16,19). The SMILES string of the molecule is CC(NC(=O)C(=O)N(C=O)CCCN)c1ccccc1. The number of nitrogens with zero attached hydrogens (tertiary/aromatic N) is 1. The molecule has 0 aliphatic rings.